The molecule has 0 bridgehead atoms. The summed E-state index contributed by atoms with van der Waals surface area (Å²) in [6.07, 6.45) is 10.4. The quantitative estimate of drug-likeness (QED) is 0.497. The summed E-state index contributed by atoms with van der Waals surface area (Å²) in [5.74, 6) is 7.11. The van der Waals surface area contributed by atoms with Gasteiger partial charge >= 0.3 is 0 Å². The van der Waals surface area contributed by atoms with Crippen molar-refractivity contribution in [3.63, 3.8) is 0 Å². The van der Waals surface area contributed by atoms with Crippen LogP contribution in [0.4, 0.5) is 0 Å². The van der Waals surface area contributed by atoms with Crippen molar-refractivity contribution in [1.82, 2.24) is 0 Å². The Hall–Kier alpha value is -1.27. The minimum atomic E-state index is -2.10. The summed E-state index contributed by atoms with van der Waals surface area (Å²) in [4.78, 5) is 0.454. The summed E-state index contributed by atoms with van der Waals surface area (Å²) in [5, 5.41) is 0. The van der Waals surface area contributed by atoms with Crippen LogP contribution in [0.15, 0.2) is 23.3 Å². The number of allylic oxidation sites excluding steroid dienone is 4. The molecule has 2 nitrogen and oxygen atoms in total. The van der Waals surface area contributed by atoms with Gasteiger partial charge in [-0.3, -0.25) is 0 Å². The van der Waals surface area contributed by atoms with E-state index < -0.39 is 10.3 Å². The summed E-state index contributed by atoms with van der Waals surface area (Å²) in [6, 6.07) is 0. The Kier molecular flexibility index (Phi) is 4.43. The molecule has 0 N–H and O–H groups in total. The van der Waals surface area contributed by atoms with Gasteiger partial charge in [-0.25, -0.2) is 0 Å². The highest BCUT2D eigenvalue weighted by Crippen LogP contribution is 2.23. The standard InChI is InChI=1S/C15H18O2S/c1-12-11-15(18(16)17)10-9-14(12)8-7-13-5-3-2-4-6-13/h9-10,13H,2-6,11H2,1H3. The molecule has 2 aliphatic carbocycles. The Bertz CT molecular complexity index is 566. The van der Waals surface area contributed by atoms with E-state index in [1.165, 1.54) is 32.1 Å². The molecule has 1 saturated carbocycles. The zero-order valence-corrected chi connectivity index (χ0v) is 11.5. The van der Waals surface area contributed by atoms with Gasteiger partial charge in [0.25, 0.3) is 0 Å². The van der Waals surface area contributed by atoms with Crippen LogP contribution < -0.4 is 0 Å². The lowest BCUT2D eigenvalue weighted by Crippen LogP contribution is -2.05. The van der Waals surface area contributed by atoms with E-state index in [2.05, 4.69) is 11.8 Å². The number of hydrogen-bond acceptors (Lipinski definition) is 2. The van der Waals surface area contributed by atoms with Gasteiger partial charge in [-0.05, 0) is 31.9 Å². The summed E-state index contributed by atoms with van der Waals surface area (Å²) in [5.41, 5.74) is 2.05. The first-order valence-electron chi connectivity index (χ1n) is 6.51. The Labute approximate surface area is 110 Å². The third-order valence-electron chi connectivity index (χ3n) is 3.57. The normalized spacial score (nSPS) is 20.6. The van der Waals surface area contributed by atoms with Crippen molar-refractivity contribution in [1.29, 1.82) is 0 Å². The van der Waals surface area contributed by atoms with E-state index in [-0.39, 0.29) is 0 Å². The molecule has 0 radical (unpaired) electrons. The lowest BCUT2D eigenvalue weighted by Gasteiger charge is -2.15. The Morgan fingerprint density at radius 3 is 2.50 bits per heavy atom. The second-order valence-corrected chi connectivity index (χ2v) is 6.00. The van der Waals surface area contributed by atoms with E-state index in [0.29, 0.717) is 17.2 Å². The molecule has 0 aromatic heterocycles. The second kappa shape index (κ2) is 6.06. The van der Waals surface area contributed by atoms with Crippen molar-refractivity contribution in [2.75, 3.05) is 0 Å². The number of hydrogen-bond donors (Lipinski definition) is 0. The van der Waals surface area contributed by atoms with Crippen molar-refractivity contribution in [2.24, 2.45) is 5.92 Å². The summed E-state index contributed by atoms with van der Waals surface area (Å²) < 4.78 is 21.7. The van der Waals surface area contributed by atoms with Crippen LogP contribution in [0.2, 0.25) is 0 Å². The van der Waals surface area contributed by atoms with Crippen molar-refractivity contribution in [2.45, 2.75) is 45.4 Å². The summed E-state index contributed by atoms with van der Waals surface area (Å²) >= 11 is 0. The summed E-state index contributed by atoms with van der Waals surface area (Å²) in [6.45, 7) is 1.96. The molecular formula is C15H18O2S. The first-order chi connectivity index (χ1) is 8.66. The highest BCUT2D eigenvalue weighted by Gasteiger charge is 2.11. The van der Waals surface area contributed by atoms with Gasteiger partial charge in [0.15, 0.2) is 0 Å². The second-order valence-electron chi connectivity index (χ2n) is 5.01. The summed E-state index contributed by atoms with van der Waals surface area (Å²) in [7, 11) is -2.10. The van der Waals surface area contributed by atoms with E-state index in [1.54, 1.807) is 6.08 Å². The molecule has 0 aromatic rings. The molecular weight excluding hydrogens is 244 g/mol. The van der Waals surface area contributed by atoms with Crippen LogP contribution in [-0.4, -0.2) is 13.3 Å². The van der Waals surface area contributed by atoms with Gasteiger partial charge in [0.2, 0.25) is 10.3 Å². The molecule has 0 atom stereocenters. The van der Waals surface area contributed by atoms with E-state index in [0.717, 1.165) is 11.1 Å². The Morgan fingerprint density at radius 1 is 1.17 bits per heavy atom. The van der Waals surface area contributed by atoms with Gasteiger partial charge in [-0.15, -0.1) is 0 Å². The molecule has 0 unspecified atom stereocenters. The maximum atomic E-state index is 10.9. The molecule has 0 aromatic carbocycles. The van der Waals surface area contributed by atoms with E-state index in [4.69, 9.17) is 0 Å². The molecule has 0 saturated heterocycles. The van der Waals surface area contributed by atoms with E-state index >= 15 is 0 Å². The SMILES string of the molecule is CC1=C(C#CC2CCCCC2)C=CC(=S(=O)=O)C1. The molecule has 0 amide bonds. The van der Waals surface area contributed by atoms with Crippen LogP contribution in [-0.2, 0) is 10.3 Å². The molecule has 0 heterocycles. The molecule has 3 heteroatoms. The third kappa shape index (κ3) is 3.36. The molecule has 1 fully saturated rings. The van der Waals surface area contributed by atoms with Crippen molar-refractivity contribution in [3.05, 3.63) is 23.3 Å². The van der Waals surface area contributed by atoms with Crippen LogP contribution in [0.1, 0.15) is 45.4 Å². The smallest absolute Gasteiger partial charge is 0.184 e. The van der Waals surface area contributed by atoms with Gasteiger partial charge in [-0.2, -0.15) is 8.42 Å². The molecule has 0 aliphatic heterocycles. The van der Waals surface area contributed by atoms with Gasteiger partial charge in [0, 0.05) is 17.9 Å². The van der Waals surface area contributed by atoms with Crippen LogP contribution in [0.25, 0.3) is 0 Å². The average molecular weight is 262 g/mol. The average Bonchev–Trinajstić information content (AvgIpc) is 2.38. The Balaban J connectivity index is 2.11. The fourth-order valence-electron chi connectivity index (χ4n) is 2.42. The van der Waals surface area contributed by atoms with Crippen LogP contribution in [0.3, 0.4) is 0 Å². The molecule has 0 spiro atoms. The lowest BCUT2D eigenvalue weighted by molar-refractivity contribution is 0.430. The molecule has 2 rings (SSSR count). The van der Waals surface area contributed by atoms with Crippen LogP contribution in [0, 0.1) is 17.8 Å². The zero-order chi connectivity index (χ0) is 13.0. The van der Waals surface area contributed by atoms with Gasteiger partial charge in [-0.1, -0.05) is 36.7 Å². The topological polar surface area (TPSA) is 34.1 Å². The van der Waals surface area contributed by atoms with Gasteiger partial charge in [0.1, 0.15) is 0 Å². The lowest BCUT2D eigenvalue weighted by atomic mass is 9.89. The van der Waals surface area contributed by atoms with Gasteiger partial charge < -0.3 is 0 Å². The third-order valence-corrected chi connectivity index (χ3v) is 4.27. The number of rotatable bonds is 0. The zero-order valence-electron chi connectivity index (χ0n) is 10.7. The fraction of sp³-hybridized carbons (Fsp3) is 0.533. The first kappa shape index (κ1) is 13.2. The minimum absolute atomic E-state index is 0.454. The van der Waals surface area contributed by atoms with E-state index in [1.807, 2.05) is 13.0 Å². The van der Waals surface area contributed by atoms with Crippen molar-refractivity contribution < 1.29 is 8.42 Å². The molecule has 2 aliphatic rings. The predicted molar refractivity (Wildman–Crippen MR) is 74.7 cm³/mol. The van der Waals surface area contributed by atoms with Crippen LogP contribution in [0.5, 0.6) is 0 Å². The minimum Gasteiger partial charge on any atom is -0.184 e. The largest absolute Gasteiger partial charge is 0.217 e. The molecule has 96 valence electrons. The van der Waals surface area contributed by atoms with E-state index in [9.17, 15) is 8.42 Å². The van der Waals surface area contributed by atoms with Crippen molar-refractivity contribution >= 4 is 15.2 Å². The predicted octanol–water partition coefficient (Wildman–Crippen LogP) is 2.90. The first-order valence-corrected chi connectivity index (χ1v) is 7.59. The Morgan fingerprint density at radius 2 is 1.89 bits per heavy atom. The fourth-order valence-corrected chi connectivity index (χ4v) is 2.94. The highest BCUT2D eigenvalue weighted by molar-refractivity contribution is 7.73. The maximum absolute atomic E-state index is 10.9. The monoisotopic (exact) mass is 262 g/mol. The van der Waals surface area contributed by atoms with Crippen LogP contribution >= 0.6 is 0 Å². The van der Waals surface area contributed by atoms with Gasteiger partial charge in [0.05, 0.1) is 4.86 Å². The maximum Gasteiger partial charge on any atom is 0.217 e. The highest BCUT2D eigenvalue weighted by atomic mass is 32.2. The molecule has 18 heavy (non-hydrogen) atoms. The van der Waals surface area contributed by atoms with Crippen molar-refractivity contribution in [3.8, 4) is 11.8 Å².